The summed E-state index contributed by atoms with van der Waals surface area (Å²) in [6, 6.07) is 5.39. The third-order valence-corrected chi connectivity index (χ3v) is 3.94. The lowest BCUT2D eigenvalue weighted by Gasteiger charge is -2.37. The zero-order chi connectivity index (χ0) is 12.8. The van der Waals surface area contributed by atoms with Crippen molar-refractivity contribution in [1.82, 2.24) is 10.2 Å². The van der Waals surface area contributed by atoms with Crippen molar-refractivity contribution in [3.63, 3.8) is 0 Å². The van der Waals surface area contributed by atoms with Crippen molar-refractivity contribution in [1.29, 1.82) is 0 Å². The van der Waals surface area contributed by atoms with Crippen molar-refractivity contribution in [3.8, 4) is 0 Å². The lowest BCUT2D eigenvalue weighted by molar-refractivity contribution is 0.141. The van der Waals surface area contributed by atoms with Crippen molar-refractivity contribution in [2.75, 3.05) is 19.6 Å². The minimum atomic E-state index is 0.650. The van der Waals surface area contributed by atoms with Gasteiger partial charge in [-0.05, 0) is 31.9 Å². The molecule has 1 saturated heterocycles. The van der Waals surface area contributed by atoms with Crippen molar-refractivity contribution < 1.29 is 4.42 Å². The predicted molar refractivity (Wildman–Crippen MR) is 74.8 cm³/mol. The quantitative estimate of drug-likeness (QED) is 0.841. The van der Waals surface area contributed by atoms with Gasteiger partial charge >= 0.3 is 0 Å². The van der Waals surface area contributed by atoms with E-state index in [0.29, 0.717) is 12.1 Å². The summed E-state index contributed by atoms with van der Waals surface area (Å²) in [4.78, 5) is 2.62. The normalized spacial score (nSPS) is 23.1. The van der Waals surface area contributed by atoms with E-state index in [4.69, 9.17) is 4.42 Å². The van der Waals surface area contributed by atoms with Gasteiger partial charge in [-0.15, -0.1) is 0 Å². The lowest BCUT2D eigenvalue weighted by atomic mass is 10.1. The van der Waals surface area contributed by atoms with E-state index in [2.05, 4.69) is 30.1 Å². The van der Waals surface area contributed by atoms with E-state index in [1.807, 2.05) is 6.07 Å². The van der Waals surface area contributed by atoms with Crippen molar-refractivity contribution in [2.45, 2.75) is 51.6 Å². The van der Waals surface area contributed by atoms with Crippen LogP contribution in [0.5, 0.6) is 0 Å². The number of nitrogens with one attached hydrogen (secondary N) is 1. The van der Waals surface area contributed by atoms with Gasteiger partial charge < -0.3 is 9.73 Å². The highest BCUT2D eigenvalue weighted by Gasteiger charge is 2.22. The monoisotopic (exact) mass is 250 g/mol. The van der Waals surface area contributed by atoms with E-state index in [-0.39, 0.29) is 0 Å². The Morgan fingerprint density at radius 2 is 2.44 bits per heavy atom. The third kappa shape index (κ3) is 3.85. The van der Waals surface area contributed by atoms with Crippen LogP contribution in [0, 0.1) is 0 Å². The summed E-state index contributed by atoms with van der Waals surface area (Å²) >= 11 is 0. The molecule has 2 rings (SSSR count). The van der Waals surface area contributed by atoms with E-state index < -0.39 is 0 Å². The molecule has 1 N–H and O–H groups in total. The second-order valence-corrected chi connectivity index (χ2v) is 5.40. The molecule has 3 heteroatoms. The first-order valence-corrected chi connectivity index (χ1v) is 7.29. The maximum absolute atomic E-state index is 5.40. The molecule has 0 saturated carbocycles. The number of hydrogen-bond donors (Lipinski definition) is 1. The van der Waals surface area contributed by atoms with Gasteiger partial charge in [0.15, 0.2) is 0 Å². The zero-order valence-corrected chi connectivity index (χ0v) is 11.7. The Morgan fingerprint density at radius 3 is 3.17 bits per heavy atom. The van der Waals surface area contributed by atoms with Gasteiger partial charge in [0.2, 0.25) is 0 Å². The van der Waals surface area contributed by atoms with Crippen LogP contribution in [-0.2, 0) is 6.42 Å². The zero-order valence-electron chi connectivity index (χ0n) is 11.7. The molecule has 3 nitrogen and oxygen atoms in total. The Bertz CT molecular complexity index is 321. The molecule has 18 heavy (non-hydrogen) atoms. The van der Waals surface area contributed by atoms with Gasteiger partial charge in [-0.25, -0.2) is 0 Å². The third-order valence-electron chi connectivity index (χ3n) is 3.94. The standard InChI is InChI=1S/C15H26N2O/c1-3-5-14-12-17(10-9-16-14)13(2)7-8-15-6-4-11-18-15/h4,6,11,13-14,16H,3,5,7-10,12H2,1-2H3. The van der Waals surface area contributed by atoms with Crippen LogP contribution in [0.1, 0.15) is 38.9 Å². The summed E-state index contributed by atoms with van der Waals surface area (Å²) in [5, 5.41) is 3.61. The number of aryl methyl sites for hydroxylation is 1. The Kier molecular flexibility index (Phi) is 5.26. The molecule has 0 radical (unpaired) electrons. The molecule has 102 valence electrons. The summed E-state index contributed by atoms with van der Waals surface area (Å²) in [7, 11) is 0. The molecule has 0 aliphatic carbocycles. The SMILES string of the molecule is CCCC1CN(C(C)CCc2ccco2)CCN1. The molecular formula is C15H26N2O. The van der Waals surface area contributed by atoms with Crippen LogP contribution in [0.25, 0.3) is 0 Å². The maximum atomic E-state index is 5.40. The smallest absolute Gasteiger partial charge is 0.103 e. The van der Waals surface area contributed by atoms with Crippen LogP contribution in [0.15, 0.2) is 22.8 Å². The van der Waals surface area contributed by atoms with E-state index in [1.165, 1.54) is 32.4 Å². The fourth-order valence-corrected chi connectivity index (χ4v) is 2.78. The topological polar surface area (TPSA) is 28.4 Å². The molecular weight excluding hydrogens is 224 g/mol. The molecule has 0 bridgehead atoms. The predicted octanol–water partition coefficient (Wildman–Crippen LogP) is 2.67. The van der Waals surface area contributed by atoms with Crippen molar-refractivity contribution >= 4 is 0 Å². The van der Waals surface area contributed by atoms with Crippen LogP contribution in [0.3, 0.4) is 0 Å². The molecule has 1 aliphatic heterocycles. The van der Waals surface area contributed by atoms with Gasteiger partial charge in [-0.2, -0.15) is 0 Å². The van der Waals surface area contributed by atoms with Gasteiger partial charge in [0, 0.05) is 38.1 Å². The summed E-state index contributed by atoms with van der Waals surface area (Å²) in [6.07, 6.45) is 6.57. The molecule has 1 fully saturated rings. The fraction of sp³-hybridized carbons (Fsp3) is 0.733. The van der Waals surface area contributed by atoms with E-state index in [0.717, 1.165) is 18.7 Å². The Morgan fingerprint density at radius 1 is 1.56 bits per heavy atom. The van der Waals surface area contributed by atoms with Crippen LogP contribution >= 0.6 is 0 Å². The average molecular weight is 250 g/mol. The van der Waals surface area contributed by atoms with Crippen molar-refractivity contribution in [3.05, 3.63) is 24.2 Å². The molecule has 1 aromatic heterocycles. The summed E-state index contributed by atoms with van der Waals surface area (Å²) in [5.41, 5.74) is 0. The molecule has 2 atom stereocenters. The number of piperazine rings is 1. The molecule has 2 unspecified atom stereocenters. The molecule has 2 heterocycles. The fourth-order valence-electron chi connectivity index (χ4n) is 2.78. The molecule has 0 spiro atoms. The molecule has 1 aliphatic rings. The Labute approximate surface area is 111 Å². The van der Waals surface area contributed by atoms with E-state index in [1.54, 1.807) is 6.26 Å². The summed E-state index contributed by atoms with van der Waals surface area (Å²) in [5.74, 6) is 1.11. The molecule has 1 aromatic rings. The highest BCUT2D eigenvalue weighted by Crippen LogP contribution is 2.13. The second-order valence-electron chi connectivity index (χ2n) is 5.40. The van der Waals surface area contributed by atoms with Crippen LogP contribution in [0.2, 0.25) is 0 Å². The van der Waals surface area contributed by atoms with Crippen molar-refractivity contribution in [2.24, 2.45) is 0 Å². The molecule has 0 amide bonds. The summed E-state index contributed by atoms with van der Waals surface area (Å²) in [6.45, 7) is 8.13. The van der Waals surface area contributed by atoms with Crippen LogP contribution < -0.4 is 5.32 Å². The Hall–Kier alpha value is -0.800. The number of hydrogen-bond acceptors (Lipinski definition) is 3. The first kappa shape index (κ1) is 13.6. The largest absolute Gasteiger partial charge is 0.469 e. The van der Waals surface area contributed by atoms with Crippen LogP contribution in [0.4, 0.5) is 0 Å². The Balaban J connectivity index is 1.75. The molecule has 0 aromatic carbocycles. The minimum absolute atomic E-state index is 0.650. The van der Waals surface area contributed by atoms with Gasteiger partial charge in [-0.3, -0.25) is 4.90 Å². The highest BCUT2D eigenvalue weighted by atomic mass is 16.3. The summed E-state index contributed by atoms with van der Waals surface area (Å²) < 4.78 is 5.40. The van der Waals surface area contributed by atoms with Gasteiger partial charge in [0.1, 0.15) is 5.76 Å². The maximum Gasteiger partial charge on any atom is 0.103 e. The average Bonchev–Trinajstić information content (AvgIpc) is 2.90. The lowest BCUT2D eigenvalue weighted by Crippen LogP contribution is -2.53. The highest BCUT2D eigenvalue weighted by molar-refractivity contribution is 4.98. The van der Waals surface area contributed by atoms with Gasteiger partial charge in [0.05, 0.1) is 6.26 Å². The first-order chi connectivity index (χ1) is 8.79. The second kappa shape index (κ2) is 6.95. The van der Waals surface area contributed by atoms with Crippen LogP contribution in [-0.4, -0.2) is 36.6 Å². The van der Waals surface area contributed by atoms with Gasteiger partial charge in [0.25, 0.3) is 0 Å². The number of rotatable bonds is 6. The van der Waals surface area contributed by atoms with E-state index >= 15 is 0 Å². The number of furan rings is 1. The first-order valence-electron chi connectivity index (χ1n) is 7.29. The van der Waals surface area contributed by atoms with E-state index in [9.17, 15) is 0 Å². The van der Waals surface area contributed by atoms with Gasteiger partial charge in [-0.1, -0.05) is 13.3 Å². The number of nitrogens with zero attached hydrogens (tertiary/aromatic N) is 1. The minimum Gasteiger partial charge on any atom is -0.469 e.